The highest BCUT2D eigenvalue weighted by Crippen LogP contribution is 2.45. The number of alkyl halides is 2. The van der Waals surface area contributed by atoms with Gasteiger partial charge in [-0.15, -0.1) is 0 Å². The first-order valence-corrected chi connectivity index (χ1v) is 14.6. The highest BCUT2D eigenvalue weighted by molar-refractivity contribution is 5.25. The van der Waals surface area contributed by atoms with E-state index >= 15 is 0 Å². The normalized spacial score (nSPS) is 37.1. The van der Waals surface area contributed by atoms with Crippen LogP contribution in [0.3, 0.4) is 0 Å². The molecule has 1 aliphatic heterocycles. The monoisotopic (exact) mass is 544 g/mol. The van der Waals surface area contributed by atoms with Crippen molar-refractivity contribution in [2.45, 2.75) is 96.4 Å². The van der Waals surface area contributed by atoms with E-state index in [1.165, 1.54) is 51.4 Å². The lowest BCUT2D eigenvalue weighted by Crippen LogP contribution is -2.43. The lowest BCUT2D eigenvalue weighted by molar-refractivity contribution is -0.251. The van der Waals surface area contributed by atoms with Gasteiger partial charge < -0.3 is 14.2 Å². The number of rotatable bonds is 6. The summed E-state index contributed by atoms with van der Waals surface area (Å²) in [5.74, 6) is -2.87. The summed E-state index contributed by atoms with van der Waals surface area (Å²) in [6.07, 6.45) is 8.08. The van der Waals surface area contributed by atoms with Gasteiger partial charge in [-0.1, -0.05) is 19.8 Å². The van der Waals surface area contributed by atoms with Crippen LogP contribution in [0.5, 0.6) is 5.75 Å². The van der Waals surface area contributed by atoms with E-state index < -0.39 is 35.2 Å². The first-order valence-electron chi connectivity index (χ1n) is 14.6. The highest BCUT2D eigenvalue weighted by atomic mass is 19.3. The molecule has 0 unspecified atom stereocenters. The SMILES string of the molecule is CC1CCC(C2CCC(C3COC(C4CCC(C(F)(F)Oc5cc(F)c(F)c(F)c5)CC4)OC3)CC2)CC1. The molecule has 1 aromatic rings. The van der Waals surface area contributed by atoms with Gasteiger partial charge >= 0.3 is 6.11 Å². The van der Waals surface area contributed by atoms with Crippen LogP contribution in [0.25, 0.3) is 0 Å². The molecular formula is C30H41F5O3. The molecule has 4 fully saturated rings. The summed E-state index contributed by atoms with van der Waals surface area (Å²) >= 11 is 0. The summed E-state index contributed by atoms with van der Waals surface area (Å²) < 4.78 is 86.3. The highest BCUT2D eigenvalue weighted by Gasteiger charge is 2.46. The van der Waals surface area contributed by atoms with Crippen LogP contribution >= 0.6 is 0 Å². The van der Waals surface area contributed by atoms with E-state index in [4.69, 9.17) is 9.47 Å². The van der Waals surface area contributed by atoms with E-state index in [2.05, 4.69) is 11.7 Å². The van der Waals surface area contributed by atoms with E-state index in [1.807, 2.05) is 0 Å². The van der Waals surface area contributed by atoms with Crippen LogP contribution in [0.1, 0.15) is 84.0 Å². The molecule has 0 amide bonds. The standard InChI is InChI=1S/C30H41F5O3/c1-18-2-4-19(5-3-18)20-6-8-21(9-7-20)23-16-36-29(37-17-23)22-10-12-24(13-11-22)30(34,35)38-25-14-26(31)28(33)27(32)15-25/h14-15,18-24,29H,2-13,16-17H2,1H3. The first-order chi connectivity index (χ1) is 18.2. The molecule has 38 heavy (non-hydrogen) atoms. The lowest BCUT2D eigenvalue weighted by Gasteiger charge is -2.43. The molecule has 8 heteroatoms. The third-order valence-electron chi connectivity index (χ3n) is 10.0. The zero-order chi connectivity index (χ0) is 26.9. The van der Waals surface area contributed by atoms with Crippen molar-refractivity contribution in [3.63, 3.8) is 0 Å². The van der Waals surface area contributed by atoms with Gasteiger partial charge in [-0.25, -0.2) is 13.2 Å². The largest absolute Gasteiger partial charge is 0.432 e. The minimum atomic E-state index is -3.62. The van der Waals surface area contributed by atoms with Crippen molar-refractivity contribution in [2.75, 3.05) is 13.2 Å². The minimum Gasteiger partial charge on any atom is -0.432 e. The summed E-state index contributed by atoms with van der Waals surface area (Å²) in [5.41, 5.74) is 0. The second kappa shape index (κ2) is 12.0. The molecule has 3 saturated carbocycles. The van der Waals surface area contributed by atoms with Crippen molar-refractivity contribution >= 4 is 0 Å². The van der Waals surface area contributed by atoms with E-state index in [-0.39, 0.29) is 25.0 Å². The minimum absolute atomic E-state index is 0.0353. The van der Waals surface area contributed by atoms with Gasteiger partial charge in [0.1, 0.15) is 5.75 Å². The molecule has 1 aromatic carbocycles. The fourth-order valence-electron chi connectivity index (χ4n) is 7.48. The molecule has 0 spiro atoms. The van der Waals surface area contributed by atoms with Crippen molar-refractivity contribution in [3.05, 3.63) is 29.6 Å². The molecule has 0 atom stereocenters. The number of hydrogen-bond acceptors (Lipinski definition) is 3. The molecule has 0 aromatic heterocycles. The Morgan fingerprint density at radius 3 is 1.63 bits per heavy atom. The van der Waals surface area contributed by atoms with Crippen molar-refractivity contribution in [1.29, 1.82) is 0 Å². The molecule has 0 bridgehead atoms. The Hall–Kier alpha value is -1.41. The van der Waals surface area contributed by atoms with Crippen molar-refractivity contribution < 1.29 is 36.2 Å². The second-order valence-electron chi connectivity index (χ2n) is 12.5. The molecule has 4 aliphatic rings. The van der Waals surface area contributed by atoms with Gasteiger partial charge in [-0.05, 0) is 87.9 Å². The Morgan fingerprint density at radius 2 is 1.11 bits per heavy atom. The van der Waals surface area contributed by atoms with Crippen molar-refractivity contribution in [2.24, 2.45) is 41.4 Å². The van der Waals surface area contributed by atoms with E-state index in [0.29, 0.717) is 50.0 Å². The van der Waals surface area contributed by atoms with Crippen LogP contribution in [-0.2, 0) is 9.47 Å². The van der Waals surface area contributed by atoms with Crippen molar-refractivity contribution in [3.8, 4) is 5.75 Å². The second-order valence-corrected chi connectivity index (χ2v) is 12.5. The number of hydrogen-bond donors (Lipinski definition) is 0. The Balaban J connectivity index is 1.04. The quantitative estimate of drug-likeness (QED) is 0.265. The Kier molecular flexibility index (Phi) is 8.88. The zero-order valence-electron chi connectivity index (χ0n) is 22.3. The number of halogens is 5. The molecule has 3 nitrogen and oxygen atoms in total. The van der Waals surface area contributed by atoms with Gasteiger partial charge in [0, 0.05) is 24.0 Å². The van der Waals surface area contributed by atoms with Gasteiger partial charge in [0.05, 0.1) is 19.1 Å². The van der Waals surface area contributed by atoms with Crippen molar-refractivity contribution in [1.82, 2.24) is 0 Å². The third kappa shape index (κ3) is 6.48. The molecule has 3 aliphatic carbocycles. The molecule has 5 rings (SSSR count). The molecule has 1 heterocycles. The fourth-order valence-corrected chi connectivity index (χ4v) is 7.48. The van der Waals surface area contributed by atoms with Crippen LogP contribution in [0.2, 0.25) is 0 Å². The maximum absolute atomic E-state index is 14.7. The summed E-state index contributed by atoms with van der Waals surface area (Å²) in [5, 5.41) is 0. The first kappa shape index (κ1) is 28.1. The van der Waals surface area contributed by atoms with E-state index in [9.17, 15) is 22.0 Å². The Morgan fingerprint density at radius 1 is 0.658 bits per heavy atom. The molecule has 214 valence electrons. The fraction of sp³-hybridized carbons (Fsp3) is 0.800. The van der Waals surface area contributed by atoms with Crippen LogP contribution in [0, 0.1) is 58.9 Å². The zero-order valence-corrected chi connectivity index (χ0v) is 22.3. The molecular weight excluding hydrogens is 503 g/mol. The van der Waals surface area contributed by atoms with Crippen LogP contribution in [0.15, 0.2) is 12.1 Å². The summed E-state index contributed by atoms with van der Waals surface area (Å²) in [4.78, 5) is 0. The summed E-state index contributed by atoms with van der Waals surface area (Å²) in [6.45, 7) is 3.71. The number of benzene rings is 1. The smallest absolute Gasteiger partial charge is 0.400 e. The maximum Gasteiger partial charge on any atom is 0.400 e. The topological polar surface area (TPSA) is 27.7 Å². The van der Waals surface area contributed by atoms with Gasteiger partial charge in [-0.2, -0.15) is 8.78 Å². The molecule has 1 saturated heterocycles. The van der Waals surface area contributed by atoms with Crippen LogP contribution in [0.4, 0.5) is 22.0 Å². The molecule has 0 radical (unpaired) electrons. The summed E-state index contributed by atoms with van der Waals surface area (Å²) in [7, 11) is 0. The van der Waals surface area contributed by atoms with Gasteiger partial charge in [0.25, 0.3) is 0 Å². The maximum atomic E-state index is 14.7. The van der Waals surface area contributed by atoms with Crippen LogP contribution < -0.4 is 4.74 Å². The lowest BCUT2D eigenvalue weighted by atomic mass is 9.67. The van der Waals surface area contributed by atoms with Crippen LogP contribution in [-0.4, -0.2) is 25.6 Å². The predicted molar refractivity (Wildman–Crippen MR) is 133 cm³/mol. The van der Waals surface area contributed by atoms with E-state index in [0.717, 1.165) is 17.8 Å². The predicted octanol–water partition coefficient (Wildman–Crippen LogP) is 8.50. The molecule has 0 N–H and O–H groups in total. The third-order valence-corrected chi connectivity index (χ3v) is 10.0. The van der Waals surface area contributed by atoms with Gasteiger partial charge in [-0.3, -0.25) is 0 Å². The van der Waals surface area contributed by atoms with Gasteiger partial charge in [0.2, 0.25) is 0 Å². The number of ether oxygens (including phenoxy) is 3. The van der Waals surface area contributed by atoms with E-state index in [1.54, 1.807) is 0 Å². The average Bonchev–Trinajstić information content (AvgIpc) is 2.92. The average molecular weight is 545 g/mol. The summed E-state index contributed by atoms with van der Waals surface area (Å²) in [6, 6.07) is 0.891. The Bertz CT molecular complexity index is 887. The Labute approximate surface area is 222 Å². The van der Waals surface area contributed by atoms with Gasteiger partial charge in [0.15, 0.2) is 23.7 Å².